The van der Waals surface area contributed by atoms with E-state index in [-0.39, 0.29) is 27.8 Å². The highest BCUT2D eigenvalue weighted by Gasteiger charge is 2.16. The summed E-state index contributed by atoms with van der Waals surface area (Å²) in [5, 5.41) is 15.5. The number of halogens is 2. The predicted molar refractivity (Wildman–Crippen MR) is 94.7 cm³/mol. The van der Waals surface area contributed by atoms with Crippen molar-refractivity contribution in [3.63, 3.8) is 0 Å². The van der Waals surface area contributed by atoms with Crippen LogP contribution in [0.4, 0.5) is 15.8 Å². The summed E-state index contributed by atoms with van der Waals surface area (Å²) in [5.74, 6) is -1.13. The molecule has 7 nitrogen and oxygen atoms in total. The van der Waals surface area contributed by atoms with E-state index in [4.69, 9.17) is 28.6 Å². The summed E-state index contributed by atoms with van der Waals surface area (Å²) in [5.41, 5.74) is -0.439. The predicted octanol–water partition coefficient (Wildman–Crippen LogP) is 3.52. The molecule has 10 heteroatoms. The lowest BCUT2D eigenvalue weighted by Gasteiger charge is -2.12. The van der Waals surface area contributed by atoms with Gasteiger partial charge in [-0.25, -0.2) is 4.39 Å². The molecule has 1 amide bonds. The third kappa shape index (κ3) is 4.61. The van der Waals surface area contributed by atoms with Crippen molar-refractivity contribution < 1.29 is 18.8 Å². The first-order valence-corrected chi connectivity index (χ1v) is 7.50. The van der Waals surface area contributed by atoms with E-state index in [1.165, 1.54) is 19.2 Å². The summed E-state index contributed by atoms with van der Waals surface area (Å²) in [4.78, 5) is 22.3. The van der Waals surface area contributed by atoms with Crippen molar-refractivity contribution in [2.45, 2.75) is 0 Å². The Morgan fingerprint density at radius 1 is 1.32 bits per heavy atom. The molecule has 0 bridgehead atoms. The molecule has 0 heterocycles. The third-order valence-electron chi connectivity index (χ3n) is 3.04. The molecule has 0 radical (unpaired) electrons. The number of anilines is 1. The molecular formula is C15H11ClFN3O4S. The average molecular weight is 384 g/mol. The zero-order valence-corrected chi connectivity index (χ0v) is 14.3. The van der Waals surface area contributed by atoms with Gasteiger partial charge in [-0.3, -0.25) is 20.2 Å². The minimum Gasteiger partial charge on any atom is -0.496 e. The van der Waals surface area contributed by atoms with Gasteiger partial charge in [0, 0.05) is 17.2 Å². The van der Waals surface area contributed by atoms with Gasteiger partial charge in [0.05, 0.1) is 23.3 Å². The Balaban J connectivity index is 2.15. The van der Waals surface area contributed by atoms with E-state index in [9.17, 15) is 19.3 Å². The Kier molecular flexibility index (Phi) is 5.84. The number of amides is 1. The van der Waals surface area contributed by atoms with Gasteiger partial charge < -0.3 is 10.1 Å². The maximum absolute atomic E-state index is 13.7. The third-order valence-corrected chi connectivity index (χ3v) is 3.48. The lowest BCUT2D eigenvalue weighted by atomic mass is 10.2. The molecule has 2 N–H and O–H groups in total. The van der Waals surface area contributed by atoms with Crippen LogP contribution >= 0.6 is 23.8 Å². The van der Waals surface area contributed by atoms with Crippen molar-refractivity contribution in [2.24, 2.45) is 0 Å². The summed E-state index contributed by atoms with van der Waals surface area (Å²) < 4.78 is 18.8. The van der Waals surface area contributed by atoms with E-state index in [0.717, 1.165) is 18.2 Å². The summed E-state index contributed by atoms with van der Waals surface area (Å²) in [6.07, 6.45) is 0. The van der Waals surface area contributed by atoms with E-state index in [2.05, 4.69) is 10.6 Å². The topological polar surface area (TPSA) is 93.5 Å². The minimum absolute atomic E-state index is 0.124. The van der Waals surface area contributed by atoms with Gasteiger partial charge in [-0.2, -0.15) is 0 Å². The zero-order chi connectivity index (χ0) is 18.6. The molecule has 0 atom stereocenters. The van der Waals surface area contributed by atoms with Crippen molar-refractivity contribution in [3.8, 4) is 5.75 Å². The normalized spacial score (nSPS) is 10.0. The molecular weight excluding hydrogens is 373 g/mol. The zero-order valence-electron chi connectivity index (χ0n) is 12.7. The number of nitro benzene ring substituents is 1. The van der Waals surface area contributed by atoms with Gasteiger partial charge in [0.1, 0.15) is 11.6 Å². The highest BCUT2D eigenvalue weighted by atomic mass is 35.5. The van der Waals surface area contributed by atoms with Crippen LogP contribution in [0, 0.1) is 15.9 Å². The Morgan fingerprint density at radius 3 is 2.68 bits per heavy atom. The summed E-state index contributed by atoms with van der Waals surface area (Å²) >= 11 is 10.8. The summed E-state index contributed by atoms with van der Waals surface area (Å²) in [7, 11) is 1.38. The molecule has 25 heavy (non-hydrogen) atoms. The van der Waals surface area contributed by atoms with Gasteiger partial charge >= 0.3 is 0 Å². The van der Waals surface area contributed by atoms with Gasteiger partial charge in [0.25, 0.3) is 11.6 Å². The monoisotopic (exact) mass is 383 g/mol. The fourth-order valence-corrected chi connectivity index (χ4v) is 2.28. The Bertz CT molecular complexity index is 863. The quantitative estimate of drug-likeness (QED) is 0.476. The molecule has 130 valence electrons. The fraction of sp³-hybridized carbons (Fsp3) is 0.0667. The molecule has 0 aliphatic heterocycles. The number of nitrogens with one attached hydrogen (secondary N) is 2. The lowest BCUT2D eigenvalue weighted by molar-refractivity contribution is -0.384. The molecule has 0 saturated carbocycles. The maximum Gasteiger partial charge on any atom is 0.271 e. The second-order valence-corrected chi connectivity index (χ2v) is 5.52. The molecule has 0 aliphatic rings. The van der Waals surface area contributed by atoms with Crippen LogP contribution in [0.25, 0.3) is 0 Å². The smallest absolute Gasteiger partial charge is 0.271 e. The van der Waals surface area contributed by atoms with E-state index < -0.39 is 16.6 Å². The largest absolute Gasteiger partial charge is 0.496 e. The SMILES string of the molecule is COc1ccc(Cl)cc1C(=O)NC(=S)Nc1cc([N+](=O)[O-])ccc1F. The van der Waals surface area contributed by atoms with Crippen molar-refractivity contribution in [1.82, 2.24) is 5.32 Å². The first kappa shape index (κ1) is 18.6. The van der Waals surface area contributed by atoms with Crippen LogP contribution < -0.4 is 15.4 Å². The van der Waals surface area contributed by atoms with Crippen molar-refractivity contribution in [3.05, 3.63) is 62.9 Å². The molecule has 2 aromatic rings. The number of non-ortho nitro benzene ring substituents is 1. The Hall–Kier alpha value is -2.78. The molecule has 0 aromatic heterocycles. The highest BCUT2D eigenvalue weighted by molar-refractivity contribution is 7.80. The number of methoxy groups -OCH3 is 1. The van der Waals surface area contributed by atoms with Gasteiger partial charge in [0.2, 0.25) is 0 Å². The summed E-state index contributed by atoms with van der Waals surface area (Å²) in [6, 6.07) is 7.34. The van der Waals surface area contributed by atoms with Crippen LogP contribution in [0.3, 0.4) is 0 Å². The van der Waals surface area contributed by atoms with Gasteiger partial charge in [-0.05, 0) is 36.5 Å². The van der Waals surface area contributed by atoms with Crippen molar-refractivity contribution in [2.75, 3.05) is 12.4 Å². The number of thiocarbonyl (C=S) groups is 1. The average Bonchev–Trinajstić information content (AvgIpc) is 2.56. The second-order valence-electron chi connectivity index (χ2n) is 4.67. The van der Waals surface area contributed by atoms with Gasteiger partial charge in [-0.15, -0.1) is 0 Å². The van der Waals surface area contributed by atoms with Crippen LogP contribution in [0.5, 0.6) is 5.75 Å². The number of hydrogen-bond acceptors (Lipinski definition) is 5. The number of carbonyl (C=O) groups is 1. The number of benzene rings is 2. The number of nitro groups is 1. The molecule has 0 spiro atoms. The molecule has 2 aromatic carbocycles. The number of nitrogens with zero attached hydrogens (tertiary/aromatic N) is 1. The highest BCUT2D eigenvalue weighted by Crippen LogP contribution is 2.23. The van der Waals surface area contributed by atoms with E-state index in [0.29, 0.717) is 5.02 Å². The standard InChI is InChI=1S/C15H11ClFN3O4S/c1-24-13-5-2-8(16)6-10(13)14(21)19-15(25)18-12-7-9(20(22)23)3-4-11(12)17/h2-7H,1H3,(H2,18,19,21,25). The van der Waals surface area contributed by atoms with Crippen LogP contribution in [-0.4, -0.2) is 23.1 Å². The van der Waals surface area contributed by atoms with E-state index >= 15 is 0 Å². The van der Waals surface area contributed by atoms with Crippen molar-refractivity contribution in [1.29, 1.82) is 0 Å². The van der Waals surface area contributed by atoms with Gasteiger partial charge in [-0.1, -0.05) is 11.6 Å². The van der Waals surface area contributed by atoms with Gasteiger partial charge in [0.15, 0.2) is 5.11 Å². The molecule has 0 saturated heterocycles. The molecule has 0 unspecified atom stereocenters. The number of ether oxygens (including phenoxy) is 1. The molecule has 0 fully saturated rings. The minimum atomic E-state index is -0.762. The Labute approximate surface area is 151 Å². The second kappa shape index (κ2) is 7.86. The van der Waals surface area contributed by atoms with Crippen LogP contribution in [-0.2, 0) is 0 Å². The Morgan fingerprint density at radius 2 is 2.04 bits per heavy atom. The molecule has 2 rings (SSSR count). The number of carbonyl (C=O) groups excluding carboxylic acids is 1. The van der Waals surface area contributed by atoms with Crippen LogP contribution in [0.2, 0.25) is 5.02 Å². The van der Waals surface area contributed by atoms with Crippen LogP contribution in [0.15, 0.2) is 36.4 Å². The number of hydrogen-bond donors (Lipinski definition) is 2. The van der Waals surface area contributed by atoms with Crippen LogP contribution in [0.1, 0.15) is 10.4 Å². The summed E-state index contributed by atoms with van der Waals surface area (Å²) in [6.45, 7) is 0. The lowest BCUT2D eigenvalue weighted by Crippen LogP contribution is -2.34. The molecule has 0 aliphatic carbocycles. The maximum atomic E-state index is 13.7. The van der Waals surface area contributed by atoms with E-state index in [1.807, 2.05) is 0 Å². The first-order valence-electron chi connectivity index (χ1n) is 6.71. The number of rotatable bonds is 4. The first-order chi connectivity index (χ1) is 11.8. The van der Waals surface area contributed by atoms with Crippen molar-refractivity contribution >= 4 is 46.2 Å². The van der Waals surface area contributed by atoms with E-state index in [1.54, 1.807) is 6.07 Å². The fourth-order valence-electron chi connectivity index (χ4n) is 1.90.